The van der Waals surface area contributed by atoms with Crippen molar-refractivity contribution in [2.45, 2.75) is 25.5 Å². The number of benzene rings is 1. The minimum Gasteiger partial charge on any atom is -0.445 e. The highest BCUT2D eigenvalue weighted by Gasteiger charge is 2.35. The predicted octanol–water partition coefficient (Wildman–Crippen LogP) is 2.53. The van der Waals surface area contributed by atoms with Crippen molar-refractivity contribution in [2.24, 2.45) is 10.7 Å². The van der Waals surface area contributed by atoms with Crippen LogP contribution in [0.2, 0.25) is 0 Å². The fourth-order valence-electron chi connectivity index (χ4n) is 2.64. The second-order valence-electron chi connectivity index (χ2n) is 5.97. The quantitative estimate of drug-likeness (QED) is 0.699. The molecule has 1 aliphatic heterocycles. The summed E-state index contributed by atoms with van der Waals surface area (Å²) in [5.74, 6) is -0.274. The summed E-state index contributed by atoms with van der Waals surface area (Å²) in [6.45, 7) is 4.54. The van der Waals surface area contributed by atoms with E-state index in [9.17, 15) is 9.59 Å². The number of amides is 2. The maximum absolute atomic E-state index is 12.5. The van der Waals surface area contributed by atoms with Gasteiger partial charge in [0.05, 0.1) is 0 Å². The minimum atomic E-state index is -0.569. The summed E-state index contributed by atoms with van der Waals surface area (Å²) in [5.41, 5.74) is 6.53. The summed E-state index contributed by atoms with van der Waals surface area (Å²) >= 11 is 5.94. The number of nitrogens with zero attached hydrogens (tertiary/aromatic N) is 2. The van der Waals surface area contributed by atoms with Gasteiger partial charge in [-0.25, -0.2) is 9.79 Å². The van der Waals surface area contributed by atoms with Crippen LogP contribution in [0.25, 0.3) is 0 Å². The van der Waals surface area contributed by atoms with Gasteiger partial charge in [0, 0.05) is 31.1 Å². The number of nitrogens with two attached hydrogens (primary N) is 1. The zero-order chi connectivity index (χ0) is 19.6. The Morgan fingerprint density at radius 1 is 1.41 bits per heavy atom. The molecule has 0 aliphatic carbocycles. The summed E-state index contributed by atoms with van der Waals surface area (Å²) in [7, 11) is 0. The zero-order valence-corrected chi connectivity index (χ0v) is 15.7. The average molecular weight is 391 g/mol. The largest absolute Gasteiger partial charge is 0.445 e. The summed E-state index contributed by atoms with van der Waals surface area (Å²) in [6, 6.07) is 8.82. The normalized spacial score (nSPS) is 17.1. The van der Waals surface area contributed by atoms with E-state index in [1.54, 1.807) is 0 Å². The molecule has 0 radical (unpaired) electrons. The van der Waals surface area contributed by atoms with Crippen LogP contribution in [0.15, 0.2) is 59.9 Å². The Hall–Kier alpha value is -2.80. The smallest absolute Gasteiger partial charge is 0.410 e. The zero-order valence-electron chi connectivity index (χ0n) is 14.9. The van der Waals surface area contributed by atoms with E-state index in [-0.39, 0.29) is 24.2 Å². The highest BCUT2D eigenvalue weighted by Crippen LogP contribution is 2.19. The number of rotatable bonds is 7. The maximum atomic E-state index is 12.5. The number of hydrogen-bond donors (Lipinski definition) is 2. The topological polar surface area (TPSA) is 97.0 Å². The molecule has 1 fully saturated rings. The van der Waals surface area contributed by atoms with Crippen molar-refractivity contribution in [3.05, 3.63) is 60.4 Å². The van der Waals surface area contributed by atoms with Crippen molar-refractivity contribution in [1.29, 1.82) is 0 Å². The van der Waals surface area contributed by atoms with Gasteiger partial charge in [-0.3, -0.25) is 9.69 Å². The fraction of sp³-hybridized carbons (Fsp3) is 0.316. The highest BCUT2D eigenvalue weighted by atomic mass is 35.5. The molecule has 0 spiro atoms. The van der Waals surface area contributed by atoms with Gasteiger partial charge in [0.25, 0.3) is 0 Å². The molecule has 3 N–H and O–H groups in total. The molecular formula is C19H23ClN4O3. The molecular weight excluding hydrogens is 368 g/mol. The van der Waals surface area contributed by atoms with E-state index in [0.717, 1.165) is 12.0 Å². The van der Waals surface area contributed by atoms with Crippen molar-refractivity contribution in [1.82, 2.24) is 10.2 Å². The van der Waals surface area contributed by atoms with E-state index in [0.29, 0.717) is 18.5 Å². The molecule has 1 unspecified atom stereocenters. The lowest BCUT2D eigenvalue weighted by molar-refractivity contribution is -0.124. The van der Waals surface area contributed by atoms with E-state index in [1.165, 1.54) is 17.3 Å². The number of ether oxygens (including phenoxy) is 1. The molecule has 8 heteroatoms. The van der Waals surface area contributed by atoms with Crippen molar-refractivity contribution >= 4 is 28.8 Å². The molecule has 1 aliphatic rings. The van der Waals surface area contributed by atoms with E-state index in [1.807, 2.05) is 30.3 Å². The van der Waals surface area contributed by atoms with Crippen LogP contribution in [0, 0.1) is 0 Å². The van der Waals surface area contributed by atoms with Gasteiger partial charge in [0.1, 0.15) is 17.8 Å². The average Bonchev–Trinajstić information content (AvgIpc) is 3.19. The molecule has 0 aromatic heterocycles. The van der Waals surface area contributed by atoms with Gasteiger partial charge in [0.2, 0.25) is 5.91 Å². The third-order valence-corrected chi connectivity index (χ3v) is 4.40. The number of carbonyl (C=O) groups is 2. The molecule has 27 heavy (non-hydrogen) atoms. The van der Waals surface area contributed by atoms with Crippen molar-refractivity contribution < 1.29 is 14.3 Å². The van der Waals surface area contributed by atoms with Gasteiger partial charge in [-0.15, -0.1) is 0 Å². The van der Waals surface area contributed by atoms with Crippen molar-refractivity contribution in [3.8, 4) is 0 Å². The first-order valence-corrected chi connectivity index (χ1v) is 8.94. The molecule has 2 rings (SSSR count). The number of nitrogens with one attached hydrogen (secondary N) is 1. The van der Waals surface area contributed by atoms with E-state index in [4.69, 9.17) is 22.1 Å². The Balaban J connectivity index is 1.86. The Bertz CT molecular complexity index is 734. The van der Waals surface area contributed by atoms with Crippen LogP contribution >= 0.6 is 11.6 Å². The summed E-state index contributed by atoms with van der Waals surface area (Å²) in [4.78, 5) is 30.1. The Morgan fingerprint density at radius 2 is 2.15 bits per heavy atom. The number of halogens is 1. The van der Waals surface area contributed by atoms with Crippen LogP contribution in [-0.4, -0.2) is 41.2 Å². The third kappa shape index (κ3) is 6.14. The van der Waals surface area contributed by atoms with Crippen LogP contribution in [-0.2, 0) is 16.1 Å². The molecule has 144 valence electrons. The van der Waals surface area contributed by atoms with Gasteiger partial charge >= 0.3 is 6.09 Å². The molecule has 0 bridgehead atoms. The van der Waals surface area contributed by atoms with E-state index >= 15 is 0 Å². The van der Waals surface area contributed by atoms with Gasteiger partial charge in [0.15, 0.2) is 0 Å². The van der Waals surface area contributed by atoms with E-state index in [2.05, 4.69) is 16.9 Å². The second kappa shape index (κ2) is 10.4. The lowest BCUT2D eigenvalue weighted by atomic mass is 10.2. The van der Waals surface area contributed by atoms with Gasteiger partial charge < -0.3 is 15.8 Å². The van der Waals surface area contributed by atoms with Gasteiger partial charge in [-0.05, 0) is 18.4 Å². The predicted molar refractivity (Wildman–Crippen MR) is 105 cm³/mol. The second-order valence-corrected chi connectivity index (χ2v) is 6.33. The van der Waals surface area contributed by atoms with Crippen LogP contribution in [0.3, 0.4) is 0 Å². The maximum Gasteiger partial charge on any atom is 0.410 e. The Morgan fingerprint density at radius 3 is 2.85 bits per heavy atom. The summed E-state index contributed by atoms with van der Waals surface area (Å²) in [6.07, 6.45) is 3.39. The molecule has 1 aromatic rings. The Labute approximate surface area is 163 Å². The molecule has 1 heterocycles. The minimum absolute atomic E-state index is 0.128. The van der Waals surface area contributed by atoms with Crippen molar-refractivity contribution in [3.63, 3.8) is 0 Å². The first-order chi connectivity index (χ1) is 13.0. The van der Waals surface area contributed by atoms with Crippen LogP contribution in [0.5, 0.6) is 0 Å². The van der Waals surface area contributed by atoms with Crippen molar-refractivity contribution in [2.75, 3.05) is 13.1 Å². The number of likely N-dealkylation sites (tertiary alicyclic amines) is 1. The molecule has 7 nitrogen and oxygen atoms in total. The molecule has 2 amide bonds. The highest BCUT2D eigenvalue weighted by molar-refractivity contribution is 6.69. The number of carbonyl (C=O) groups excluding carboxylic acids is 2. The fourth-order valence-corrected chi connectivity index (χ4v) is 2.77. The first-order valence-electron chi connectivity index (χ1n) is 8.56. The van der Waals surface area contributed by atoms with Crippen LogP contribution < -0.4 is 11.1 Å². The summed E-state index contributed by atoms with van der Waals surface area (Å²) < 4.78 is 5.33. The molecule has 0 saturated carbocycles. The molecule has 1 atom stereocenters. The molecule has 1 saturated heterocycles. The third-order valence-electron chi connectivity index (χ3n) is 4.04. The van der Waals surface area contributed by atoms with Gasteiger partial charge in [-0.2, -0.15) is 0 Å². The Kier molecular flexibility index (Phi) is 7.88. The summed E-state index contributed by atoms with van der Waals surface area (Å²) in [5, 5.41) is 2.89. The molecule has 1 aromatic carbocycles. The monoisotopic (exact) mass is 390 g/mol. The van der Waals surface area contributed by atoms with Gasteiger partial charge in [-0.1, -0.05) is 48.5 Å². The SMILES string of the molecule is C=C(CNC(=O)C1CCCN1C(=O)OCc1ccccc1)/C(Cl)=N\C=C/N. The van der Waals surface area contributed by atoms with Crippen LogP contribution in [0.1, 0.15) is 18.4 Å². The lowest BCUT2D eigenvalue weighted by Gasteiger charge is -2.23. The first kappa shape index (κ1) is 20.5. The number of hydrogen-bond acceptors (Lipinski definition) is 5. The lowest BCUT2D eigenvalue weighted by Crippen LogP contribution is -2.46. The van der Waals surface area contributed by atoms with Crippen LogP contribution in [0.4, 0.5) is 4.79 Å². The number of aliphatic imine (C=N–C) groups is 1. The van der Waals surface area contributed by atoms with E-state index < -0.39 is 12.1 Å². The standard InChI is InChI=1S/C19H23ClN4O3/c1-14(17(20)22-10-9-21)12-23-18(25)16-8-5-11-24(16)19(26)27-13-15-6-3-2-4-7-15/h2-4,6-7,9-10,16H,1,5,8,11-13,21H2,(H,23,25)/b10-9-,22-17+.